The second-order valence-corrected chi connectivity index (χ2v) is 7.60. The molecule has 0 saturated carbocycles. The highest BCUT2D eigenvalue weighted by Crippen LogP contribution is 2.26. The van der Waals surface area contributed by atoms with Crippen LogP contribution >= 0.6 is 27.3 Å². The molecule has 0 fully saturated rings. The first kappa shape index (κ1) is 16.9. The third kappa shape index (κ3) is 3.01. The number of hydrogen-bond acceptors (Lipinski definition) is 4. The van der Waals surface area contributed by atoms with Crippen molar-refractivity contribution in [3.63, 3.8) is 0 Å². The highest BCUT2D eigenvalue weighted by molar-refractivity contribution is 9.10. The van der Waals surface area contributed by atoms with Crippen molar-refractivity contribution in [1.82, 2.24) is 9.55 Å². The van der Waals surface area contributed by atoms with Crippen molar-refractivity contribution in [2.45, 2.75) is 27.3 Å². The fourth-order valence-electron chi connectivity index (χ4n) is 2.51. The Kier molecular flexibility index (Phi) is 4.56. The number of carbonyl (C=O) groups excluding carboxylic acids is 1. The van der Waals surface area contributed by atoms with Gasteiger partial charge < -0.3 is 5.32 Å². The normalized spacial score (nSPS) is 11.0. The zero-order valence-electron chi connectivity index (χ0n) is 13.5. The van der Waals surface area contributed by atoms with Crippen molar-refractivity contribution in [2.24, 2.45) is 0 Å². The van der Waals surface area contributed by atoms with Crippen LogP contribution in [0.15, 0.2) is 33.5 Å². The monoisotopic (exact) mass is 405 g/mol. The number of thiophene rings is 1. The van der Waals surface area contributed by atoms with Crippen molar-refractivity contribution in [1.29, 1.82) is 0 Å². The van der Waals surface area contributed by atoms with E-state index in [0.29, 0.717) is 16.9 Å². The van der Waals surface area contributed by atoms with Gasteiger partial charge in [0.15, 0.2) is 0 Å². The zero-order chi connectivity index (χ0) is 17.4. The number of anilines is 1. The van der Waals surface area contributed by atoms with Gasteiger partial charge in [-0.25, -0.2) is 4.98 Å². The van der Waals surface area contributed by atoms with E-state index in [1.54, 1.807) is 13.0 Å². The Hall–Kier alpha value is -1.99. The summed E-state index contributed by atoms with van der Waals surface area (Å²) in [5.41, 5.74) is 1.44. The molecule has 0 aliphatic rings. The SMILES string of the molecule is Cc1sc2nc(C)n(CC(=O)Nc3ccccc3Br)c(=O)c2c1C. The Balaban J connectivity index is 1.95. The topological polar surface area (TPSA) is 64.0 Å². The quantitative estimate of drug-likeness (QED) is 0.720. The number of hydrogen-bond donors (Lipinski definition) is 1. The lowest BCUT2D eigenvalue weighted by Crippen LogP contribution is -2.30. The smallest absolute Gasteiger partial charge is 0.263 e. The van der Waals surface area contributed by atoms with Gasteiger partial charge in [0.1, 0.15) is 17.2 Å². The van der Waals surface area contributed by atoms with Gasteiger partial charge in [0.25, 0.3) is 5.56 Å². The summed E-state index contributed by atoms with van der Waals surface area (Å²) in [6.07, 6.45) is 0. The molecule has 1 amide bonds. The minimum absolute atomic E-state index is 0.0662. The van der Waals surface area contributed by atoms with E-state index < -0.39 is 0 Å². The van der Waals surface area contributed by atoms with E-state index in [-0.39, 0.29) is 18.0 Å². The van der Waals surface area contributed by atoms with Gasteiger partial charge in [-0.15, -0.1) is 11.3 Å². The first-order chi connectivity index (χ1) is 11.4. The fraction of sp³-hybridized carbons (Fsp3) is 0.235. The summed E-state index contributed by atoms with van der Waals surface area (Å²) in [6.45, 7) is 5.57. The third-order valence-electron chi connectivity index (χ3n) is 3.93. The number of rotatable bonds is 3. The van der Waals surface area contributed by atoms with Gasteiger partial charge in [-0.2, -0.15) is 0 Å². The van der Waals surface area contributed by atoms with Crippen LogP contribution in [0.3, 0.4) is 0 Å². The lowest BCUT2D eigenvalue weighted by molar-refractivity contribution is -0.116. The number of aromatic nitrogens is 2. The van der Waals surface area contributed by atoms with Crippen molar-refractivity contribution >= 4 is 49.1 Å². The molecule has 0 radical (unpaired) electrons. The largest absolute Gasteiger partial charge is 0.324 e. The Bertz CT molecular complexity index is 1010. The lowest BCUT2D eigenvalue weighted by atomic mass is 10.2. The first-order valence-corrected chi connectivity index (χ1v) is 9.01. The molecule has 7 heteroatoms. The van der Waals surface area contributed by atoms with Gasteiger partial charge in [-0.1, -0.05) is 12.1 Å². The minimum Gasteiger partial charge on any atom is -0.324 e. The highest BCUT2D eigenvalue weighted by atomic mass is 79.9. The molecule has 0 bridgehead atoms. The number of fused-ring (bicyclic) bond motifs is 1. The van der Waals surface area contributed by atoms with Crippen molar-refractivity contribution in [3.8, 4) is 0 Å². The first-order valence-electron chi connectivity index (χ1n) is 7.40. The lowest BCUT2D eigenvalue weighted by Gasteiger charge is -2.11. The Morgan fingerprint density at radius 3 is 2.71 bits per heavy atom. The second kappa shape index (κ2) is 6.49. The molecule has 2 aromatic heterocycles. The van der Waals surface area contributed by atoms with Gasteiger partial charge in [-0.05, 0) is 54.4 Å². The van der Waals surface area contributed by atoms with Crippen LogP contribution in [-0.4, -0.2) is 15.5 Å². The van der Waals surface area contributed by atoms with E-state index in [0.717, 1.165) is 19.7 Å². The van der Waals surface area contributed by atoms with E-state index in [9.17, 15) is 9.59 Å². The van der Waals surface area contributed by atoms with E-state index in [1.165, 1.54) is 15.9 Å². The molecule has 2 heterocycles. The number of halogens is 1. The van der Waals surface area contributed by atoms with Crippen LogP contribution in [0.2, 0.25) is 0 Å². The summed E-state index contributed by atoms with van der Waals surface area (Å²) < 4.78 is 2.22. The number of amides is 1. The van der Waals surface area contributed by atoms with Gasteiger partial charge >= 0.3 is 0 Å². The number of carbonyl (C=O) groups is 1. The van der Waals surface area contributed by atoms with Gasteiger partial charge in [0.2, 0.25) is 5.91 Å². The number of benzene rings is 1. The average molecular weight is 406 g/mol. The maximum Gasteiger partial charge on any atom is 0.263 e. The predicted octanol–water partition coefficient (Wildman–Crippen LogP) is 3.78. The summed E-state index contributed by atoms with van der Waals surface area (Å²) in [4.78, 5) is 31.4. The van der Waals surface area contributed by atoms with Crippen LogP contribution in [0.4, 0.5) is 5.69 Å². The van der Waals surface area contributed by atoms with E-state index >= 15 is 0 Å². The van der Waals surface area contributed by atoms with E-state index in [2.05, 4.69) is 26.2 Å². The van der Waals surface area contributed by atoms with Gasteiger partial charge in [-0.3, -0.25) is 14.2 Å². The molecule has 5 nitrogen and oxygen atoms in total. The standard InChI is InChI=1S/C17H16BrN3O2S/c1-9-10(2)24-16-15(9)17(23)21(11(3)19-16)8-14(22)20-13-7-5-4-6-12(13)18/h4-7H,8H2,1-3H3,(H,20,22). The fourth-order valence-corrected chi connectivity index (χ4v) is 3.96. The summed E-state index contributed by atoms with van der Waals surface area (Å²) in [6, 6.07) is 7.35. The molecule has 0 spiro atoms. The van der Waals surface area contributed by atoms with E-state index in [4.69, 9.17) is 0 Å². The molecule has 0 aliphatic carbocycles. The van der Waals surface area contributed by atoms with Crippen LogP contribution in [-0.2, 0) is 11.3 Å². The molecule has 1 N–H and O–H groups in total. The summed E-state index contributed by atoms with van der Waals surface area (Å²) in [5.74, 6) is 0.272. The molecule has 0 atom stereocenters. The Morgan fingerprint density at radius 1 is 1.29 bits per heavy atom. The van der Waals surface area contributed by atoms with Crippen LogP contribution in [0.1, 0.15) is 16.3 Å². The van der Waals surface area contributed by atoms with Crippen LogP contribution < -0.4 is 10.9 Å². The summed E-state index contributed by atoms with van der Waals surface area (Å²) >= 11 is 4.90. The summed E-state index contributed by atoms with van der Waals surface area (Å²) in [7, 11) is 0. The predicted molar refractivity (Wildman–Crippen MR) is 101 cm³/mol. The van der Waals surface area contributed by atoms with Crippen LogP contribution in [0, 0.1) is 20.8 Å². The van der Waals surface area contributed by atoms with Crippen LogP contribution in [0.5, 0.6) is 0 Å². The maximum absolute atomic E-state index is 12.8. The Morgan fingerprint density at radius 2 is 2.00 bits per heavy atom. The molecular weight excluding hydrogens is 390 g/mol. The minimum atomic E-state index is -0.266. The number of nitrogens with one attached hydrogen (secondary N) is 1. The average Bonchev–Trinajstić information content (AvgIpc) is 2.80. The third-order valence-corrected chi connectivity index (χ3v) is 5.72. The molecule has 124 valence electrons. The molecular formula is C17H16BrN3O2S. The number of para-hydroxylation sites is 1. The number of aryl methyl sites for hydroxylation is 3. The van der Waals surface area contributed by atoms with Crippen LogP contribution in [0.25, 0.3) is 10.2 Å². The molecule has 0 aliphatic heterocycles. The highest BCUT2D eigenvalue weighted by Gasteiger charge is 2.16. The van der Waals surface area contributed by atoms with Gasteiger partial charge in [0.05, 0.1) is 11.1 Å². The van der Waals surface area contributed by atoms with Crippen molar-refractivity contribution in [3.05, 3.63) is 55.4 Å². The van der Waals surface area contributed by atoms with Gasteiger partial charge in [0, 0.05) is 9.35 Å². The maximum atomic E-state index is 12.8. The molecule has 1 aromatic carbocycles. The molecule has 0 saturated heterocycles. The zero-order valence-corrected chi connectivity index (χ0v) is 15.9. The molecule has 0 unspecified atom stereocenters. The van der Waals surface area contributed by atoms with E-state index in [1.807, 2.05) is 32.0 Å². The molecule has 3 aromatic rings. The number of nitrogens with zero attached hydrogens (tertiary/aromatic N) is 2. The van der Waals surface area contributed by atoms with Crippen molar-refractivity contribution < 1.29 is 4.79 Å². The molecule has 3 rings (SSSR count). The Labute approximate surface area is 151 Å². The second-order valence-electron chi connectivity index (χ2n) is 5.54. The molecule has 24 heavy (non-hydrogen) atoms. The summed E-state index contributed by atoms with van der Waals surface area (Å²) in [5, 5.41) is 3.42. The van der Waals surface area contributed by atoms with Crippen molar-refractivity contribution in [2.75, 3.05) is 5.32 Å².